The predicted octanol–water partition coefficient (Wildman–Crippen LogP) is 3.70. The van der Waals surface area contributed by atoms with Crippen LogP contribution < -0.4 is 15.6 Å². The summed E-state index contributed by atoms with van der Waals surface area (Å²) >= 11 is 5.84. The number of nitrogens with one attached hydrogen (secondary N) is 1. The Bertz CT molecular complexity index is 1270. The first-order valence-corrected chi connectivity index (χ1v) is 9.04. The molecule has 2 aromatic carbocycles. The fourth-order valence-electron chi connectivity index (χ4n) is 2.95. The first kappa shape index (κ1) is 18.6. The van der Waals surface area contributed by atoms with Crippen molar-refractivity contribution in [3.8, 4) is 11.4 Å². The Hall–Kier alpha value is -3.71. The average molecular weight is 407 g/mol. The van der Waals surface area contributed by atoms with Gasteiger partial charge in [0, 0.05) is 11.6 Å². The minimum Gasteiger partial charge on any atom is -0.494 e. The molecular weight excluding hydrogens is 392 g/mol. The number of carbonyl (C=O) groups is 1. The van der Waals surface area contributed by atoms with Gasteiger partial charge in [0.1, 0.15) is 17.3 Å². The van der Waals surface area contributed by atoms with Crippen LogP contribution in [-0.2, 0) is 0 Å². The molecule has 1 N–H and O–H groups in total. The summed E-state index contributed by atoms with van der Waals surface area (Å²) in [5.41, 5.74) is 0.165. The molecular formula is C21H15ClN4O3. The van der Waals surface area contributed by atoms with Gasteiger partial charge in [0.25, 0.3) is 11.5 Å². The average Bonchev–Trinajstić information content (AvgIpc) is 2.76. The molecule has 144 valence electrons. The number of fused-ring (bicyclic) bond motifs is 1. The molecule has 0 saturated carbocycles. The summed E-state index contributed by atoms with van der Waals surface area (Å²) in [6, 6.07) is 17.0. The number of anilines is 1. The van der Waals surface area contributed by atoms with Gasteiger partial charge in [-0.05, 0) is 30.3 Å². The van der Waals surface area contributed by atoms with E-state index >= 15 is 0 Å². The molecule has 0 aliphatic heterocycles. The van der Waals surface area contributed by atoms with Crippen LogP contribution >= 0.6 is 11.6 Å². The Kier molecular flexibility index (Phi) is 4.97. The number of rotatable bonds is 4. The number of hydrogen-bond donors (Lipinski definition) is 1. The highest BCUT2D eigenvalue weighted by atomic mass is 35.5. The summed E-state index contributed by atoms with van der Waals surface area (Å²) in [6.07, 6.45) is 1.43. The van der Waals surface area contributed by atoms with Crippen LogP contribution in [0, 0.1) is 0 Å². The number of amides is 1. The highest BCUT2D eigenvalue weighted by Gasteiger charge is 2.19. The van der Waals surface area contributed by atoms with E-state index in [1.807, 2.05) is 0 Å². The van der Waals surface area contributed by atoms with Gasteiger partial charge in [-0.1, -0.05) is 41.9 Å². The van der Waals surface area contributed by atoms with Crippen molar-refractivity contribution >= 4 is 34.1 Å². The molecule has 29 heavy (non-hydrogen) atoms. The van der Waals surface area contributed by atoms with Crippen LogP contribution in [0.2, 0.25) is 5.02 Å². The van der Waals surface area contributed by atoms with Gasteiger partial charge in [0.05, 0.1) is 17.5 Å². The molecule has 0 atom stereocenters. The lowest BCUT2D eigenvalue weighted by atomic mass is 10.1. The number of pyridine rings is 1. The van der Waals surface area contributed by atoms with E-state index < -0.39 is 5.91 Å². The molecule has 0 saturated heterocycles. The van der Waals surface area contributed by atoms with E-state index in [-0.39, 0.29) is 11.3 Å². The van der Waals surface area contributed by atoms with E-state index in [2.05, 4.69) is 15.4 Å². The van der Waals surface area contributed by atoms with Gasteiger partial charge in [0.2, 0.25) is 0 Å². The molecule has 4 rings (SSSR count). The van der Waals surface area contributed by atoms with E-state index in [1.54, 1.807) is 60.7 Å². The second-order valence-corrected chi connectivity index (χ2v) is 6.54. The van der Waals surface area contributed by atoms with Gasteiger partial charge in [-0.25, -0.2) is 4.98 Å². The van der Waals surface area contributed by atoms with Crippen molar-refractivity contribution in [3.05, 3.63) is 87.9 Å². The minimum atomic E-state index is -0.500. The van der Waals surface area contributed by atoms with E-state index in [0.717, 1.165) is 0 Å². The maximum atomic E-state index is 13.1. The number of carbonyl (C=O) groups excluding carboxylic acids is 1. The molecule has 0 spiro atoms. The van der Waals surface area contributed by atoms with Gasteiger partial charge in [-0.15, -0.1) is 0 Å². The third-order valence-corrected chi connectivity index (χ3v) is 4.53. The standard InChI is InChI=1S/C21H15ClN4O3/c1-29-17-9-5-4-8-16(17)26-21(28)15-7-3-2-6-14(15)19(25-26)20(27)24-18-11-10-13(22)12-23-18/h2-12H,1H3,(H,23,24,27). The maximum absolute atomic E-state index is 13.1. The van der Waals surface area contributed by atoms with Gasteiger partial charge >= 0.3 is 0 Å². The molecule has 0 fully saturated rings. The highest BCUT2D eigenvalue weighted by Crippen LogP contribution is 2.22. The van der Waals surface area contributed by atoms with Crippen molar-refractivity contribution in [2.24, 2.45) is 0 Å². The van der Waals surface area contributed by atoms with Gasteiger partial charge < -0.3 is 10.1 Å². The van der Waals surface area contributed by atoms with Crippen LogP contribution in [0.25, 0.3) is 16.5 Å². The molecule has 2 heterocycles. The van der Waals surface area contributed by atoms with Crippen molar-refractivity contribution in [2.45, 2.75) is 0 Å². The van der Waals surface area contributed by atoms with Crippen LogP contribution in [0.15, 0.2) is 71.7 Å². The Labute approximate surface area is 170 Å². The quantitative estimate of drug-likeness (QED) is 0.558. The number of nitrogens with zero attached hydrogens (tertiary/aromatic N) is 3. The van der Waals surface area contributed by atoms with Crippen LogP contribution in [-0.4, -0.2) is 27.8 Å². The number of para-hydroxylation sites is 2. The third-order valence-electron chi connectivity index (χ3n) is 4.30. The molecule has 0 aliphatic carbocycles. The number of methoxy groups -OCH3 is 1. The normalized spacial score (nSPS) is 10.7. The van der Waals surface area contributed by atoms with E-state index in [0.29, 0.717) is 33.0 Å². The molecule has 0 aliphatic rings. The minimum absolute atomic E-state index is 0.0860. The van der Waals surface area contributed by atoms with Crippen molar-refractivity contribution in [2.75, 3.05) is 12.4 Å². The highest BCUT2D eigenvalue weighted by molar-refractivity contribution is 6.30. The SMILES string of the molecule is COc1ccccc1-n1nc(C(=O)Nc2ccc(Cl)cn2)c2ccccc2c1=O. The largest absolute Gasteiger partial charge is 0.494 e. The lowest BCUT2D eigenvalue weighted by molar-refractivity contribution is 0.102. The smallest absolute Gasteiger partial charge is 0.279 e. The van der Waals surface area contributed by atoms with E-state index in [9.17, 15) is 9.59 Å². The fourth-order valence-corrected chi connectivity index (χ4v) is 3.06. The Morgan fingerprint density at radius 1 is 1.03 bits per heavy atom. The van der Waals surface area contributed by atoms with E-state index in [4.69, 9.17) is 16.3 Å². The predicted molar refractivity (Wildman–Crippen MR) is 111 cm³/mol. The molecule has 4 aromatic rings. The van der Waals surface area contributed by atoms with Crippen molar-refractivity contribution in [1.82, 2.24) is 14.8 Å². The zero-order valence-corrected chi connectivity index (χ0v) is 16.1. The summed E-state index contributed by atoms with van der Waals surface area (Å²) in [5, 5.41) is 8.30. The molecule has 0 radical (unpaired) electrons. The number of halogens is 1. The lowest BCUT2D eigenvalue weighted by Crippen LogP contribution is -2.27. The third kappa shape index (κ3) is 3.55. The Morgan fingerprint density at radius 3 is 2.48 bits per heavy atom. The summed E-state index contributed by atoms with van der Waals surface area (Å²) in [5.74, 6) is 0.281. The number of aromatic nitrogens is 3. The van der Waals surface area contributed by atoms with Crippen LogP contribution in [0.4, 0.5) is 5.82 Å². The molecule has 0 unspecified atom stereocenters. The summed E-state index contributed by atoms with van der Waals surface area (Å²) in [6.45, 7) is 0. The molecule has 2 aromatic heterocycles. The first-order chi connectivity index (χ1) is 14.1. The van der Waals surface area contributed by atoms with E-state index in [1.165, 1.54) is 18.0 Å². The topological polar surface area (TPSA) is 86.1 Å². The van der Waals surface area contributed by atoms with Crippen molar-refractivity contribution < 1.29 is 9.53 Å². The Morgan fingerprint density at radius 2 is 1.76 bits per heavy atom. The van der Waals surface area contributed by atoms with Gasteiger partial charge in [-0.2, -0.15) is 9.78 Å². The monoisotopic (exact) mass is 406 g/mol. The summed E-state index contributed by atoms with van der Waals surface area (Å²) in [4.78, 5) is 30.1. The molecule has 7 nitrogen and oxygen atoms in total. The lowest BCUT2D eigenvalue weighted by Gasteiger charge is -2.13. The van der Waals surface area contributed by atoms with Gasteiger partial charge in [0.15, 0.2) is 5.69 Å². The fraction of sp³-hybridized carbons (Fsp3) is 0.0476. The van der Waals surface area contributed by atoms with Gasteiger partial charge in [-0.3, -0.25) is 9.59 Å². The van der Waals surface area contributed by atoms with Crippen molar-refractivity contribution in [1.29, 1.82) is 0 Å². The molecule has 1 amide bonds. The van der Waals surface area contributed by atoms with Crippen LogP contribution in [0.5, 0.6) is 5.75 Å². The second-order valence-electron chi connectivity index (χ2n) is 6.10. The van der Waals surface area contributed by atoms with Crippen molar-refractivity contribution in [3.63, 3.8) is 0 Å². The van der Waals surface area contributed by atoms with Crippen LogP contribution in [0.3, 0.4) is 0 Å². The second kappa shape index (κ2) is 7.73. The summed E-state index contributed by atoms with van der Waals surface area (Å²) in [7, 11) is 1.50. The first-order valence-electron chi connectivity index (χ1n) is 8.67. The zero-order chi connectivity index (χ0) is 20.4. The number of ether oxygens (including phenoxy) is 1. The number of benzene rings is 2. The Balaban J connectivity index is 1.89. The summed E-state index contributed by atoms with van der Waals surface area (Å²) < 4.78 is 6.52. The number of hydrogen-bond acceptors (Lipinski definition) is 5. The zero-order valence-electron chi connectivity index (χ0n) is 15.3. The molecule has 0 bridgehead atoms. The maximum Gasteiger partial charge on any atom is 0.279 e. The van der Waals surface area contributed by atoms with Crippen LogP contribution in [0.1, 0.15) is 10.5 Å². The molecule has 8 heteroatoms.